The Morgan fingerprint density at radius 1 is 1.36 bits per heavy atom. The van der Waals surface area contributed by atoms with Gasteiger partial charge in [-0.3, -0.25) is 9.69 Å². The standard InChI is InChI=1S/C21H26N2O2/c1-4-14-11-15-12-21-20(9-10-23(21)13-14,18(15)19(24)25-3)16-7-5-6-8-17(16)22(21)2/h4-8,15,18H,9-13H2,1-3H3. The number of carbonyl (C=O) groups is 1. The summed E-state index contributed by atoms with van der Waals surface area (Å²) in [5.74, 6) is 0.291. The minimum Gasteiger partial charge on any atom is -0.469 e. The molecule has 4 heteroatoms. The largest absolute Gasteiger partial charge is 0.469 e. The fraction of sp³-hybridized carbons (Fsp3) is 0.571. The first kappa shape index (κ1) is 15.4. The Morgan fingerprint density at radius 2 is 2.16 bits per heavy atom. The molecule has 5 rings (SSSR count). The number of rotatable bonds is 1. The highest BCUT2D eigenvalue weighted by Gasteiger charge is 2.77. The monoisotopic (exact) mass is 338 g/mol. The van der Waals surface area contributed by atoms with Crippen LogP contribution in [-0.2, 0) is 14.9 Å². The van der Waals surface area contributed by atoms with Gasteiger partial charge in [-0.05, 0) is 43.7 Å². The smallest absolute Gasteiger partial charge is 0.310 e. The number of fused-ring (bicyclic) bond motifs is 2. The van der Waals surface area contributed by atoms with Crippen molar-refractivity contribution in [2.24, 2.45) is 11.8 Å². The van der Waals surface area contributed by atoms with Crippen LogP contribution in [0.3, 0.4) is 0 Å². The van der Waals surface area contributed by atoms with Crippen molar-refractivity contribution in [2.75, 3.05) is 32.1 Å². The van der Waals surface area contributed by atoms with E-state index in [2.05, 4.69) is 54.1 Å². The first-order valence-electron chi connectivity index (χ1n) is 9.40. The number of ether oxygens (including phenoxy) is 1. The molecule has 1 aliphatic carbocycles. The van der Waals surface area contributed by atoms with Gasteiger partial charge >= 0.3 is 5.97 Å². The minimum atomic E-state index is -0.130. The van der Waals surface area contributed by atoms with Gasteiger partial charge in [0.25, 0.3) is 0 Å². The number of hydrogen-bond donors (Lipinski definition) is 0. The van der Waals surface area contributed by atoms with Crippen molar-refractivity contribution in [3.8, 4) is 0 Å². The number of allylic oxidation sites excluding steroid dienone is 1. The topological polar surface area (TPSA) is 32.8 Å². The summed E-state index contributed by atoms with van der Waals surface area (Å²) in [5, 5.41) is 0. The van der Waals surface area contributed by atoms with E-state index in [1.807, 2.05) is 0 Å². The Bertz CT molecular complexity index is 788. The first-order valence-corrected chi connectivity index (χ1v) is 9.40. The SMILES string of the molecule is CC=C1CC2CC34N(CCC3(c3ccccc3N4C)C2C(=O)OC)C1. The number of hydrogen-bond acceptors (Lipinski definition) is 4. The molecule has 1 aromatic carbocycles. The summed E-state index contributed by atoms with van der Waals surface area (Å²) in [5.41, 5.74) is 3.92. The Balaban J connectivity index is 1.80. The highest BCUT2D eigenvalue weighted by molar-refractivity contribution is 5.81. The second kappa shape index (κ2) is 4.88. The van der Waals surface area contributed by atoms with Crippen molar-refractivity contribution >= 4 is 11.7 Å². The summed E-state index contributed by atoms with van der Waals surface area (Å²) in [6.45, 7) is 4.22. The van der Waals surface area contributed by atoms with Gasteiger partial charge in [0.1, 0.15) is 5.66 Å². The van der Waals surface area contributed by atoms with Gasteiger partial charge in [-0.25, -0.2) is 0 Å². The van der Waals surface area contributed by atoms with E-state index in [1.165, 1.54) is 16.8 Å². The van der Waals surface area contributed by atoms with Crippen LogP contribution in [0.25, 0.3) is 0 Å². The van der Waals surface area contributed by atoms with Crippen LogP contribution in [0, 0.1) is 11.8 Å². The van der Waals surface area contributed by atoms with E-state index < -0.39 is 0 Å². The van der Waals surface area contributed by atoms with E-state index in [9.17, 15) is 4.79 Å². The number of nitrogens with zero attached hydrogens (tertiary/aromatic N) is 2. The molecule has 4 atom stereocenters. The molecule has 1 spiro atoms. The van der Waals surface area contributed by atoms with Crippen LogP contribution in [0.2, 0.25) is 0 Å². The van der Waals surface area contributed by atoms with Crippen LogP contribution in [-0.4, -0.2) is 43.8 Å². The van der Waals surface area contributed by atoms with E-state index in [0.29, 0.717) is 5.92 Å². The second-order valence-corrected chi connectivity index (χ2v) is 8.15. The van der Waals surface area contributed by atoms with Crippen LogP contribution in [0.4, 0.5) is 5.69 Å². The Morgan fingerprint density at radius 3 is 2.92 bits per heavy atom. The predicted molar refractivity (Wildman–Crippen MR) is 97.4 cm³/mol. The maximum absolute atomic E-state index is 13.0. The number of methoxy groups -OCH3 is 1. The molecule has 0 amide bonds. The molecule has 1 aromatic rings. The maximum atomic E-state index is 13.0. The number of carbonyl (C=O) groups excluding carboxylic acids is 1. The minimum absolute atomic E-state index is 0.0174. The molecule has 4 nitrogen and oxygen atoms in total. The van der Waals surface area contributed by atoms with Crippen LogP contribution < -0.4 is 4.90 Å². The average Bonchev–Trinajstić information content (AvgIpc) is 3.13. The lowest BCUT2D eigenvalue weighted by atomic mass is 9.66. The van der Waals surface area contributed by atoms with E-state index in [4.69, 9.17) is 4.74 Å². The molecule has 0 aromatic heterocycles. The van der Waals surface area contributed by atoms with Crippen molar-refractivity contribution in [2.45, 2.75) is 37.3 Å². The molecule has 3 aliphatic heterocycles. The second-order valence-electron chi connectivity index (χ2n) is 8.15. The van der Waals surface area contributed by atoms with Gasteiger partial charge in [0, 0.05) is 31.2 Å². The van der Waals surface area contributed by atoms with Gasteiger partial charge in [0.05, 0.1) is 13.0 Å². The van der Waals surface area contributed by atoms with E-state index in [-0.39, 0.29) is 23.0 Å². The number of likely N-dealkylation sites (N-methyl/N-ethyl adjacent to an activating group) is 1. The number of anilines is 1. The van der Waals surface area contributed by atoms with Gasteiger partial charge in [-0.1, -0.05) is 29.8 Å². The van der Waals surface area contributed by atoms with E-state index >= 15 is 0 Å². The highest BCUT2D eigenvalue weighted by Crippen LogP contribution is 2.71. The Labute approximate surface area is 149 Å². The molecule has 0 radical (unpaired) electrons. The molecule has 1 saturated carbocycles. The van der Waals surface area contributed by atoms with E-state index in [1.54, 1.807) is 7.11 Å². The third-order valence-corrected chi connectivity index (χ3v) is 7.65. The summed E-state index contributed by atoms with van der Waals surface area (Å²) < 4.78 is 5.36. The number of benzene rings is 1. The molecular formula is C21H26N2O2. The van der Waals surface area contributed by atoms with Crippen molar-refractivity contribution in [1.82, 2.24) is 4.90 Å². The lowest BCUT2D eigenvalue weighted by Gasteiger charge is -2.47. The van der Waals surface area contributed by atoms with Gasteiger partial charge < -0.3 is 9.64 Å². The fourth-order valence-electron chi connectivity index (χ4n) is 6.87. The van der Waals surface area contributed by atoms with Crippen LogP contribution in [0.1, 0.15) is 31.7 Å². The Kier molecular flexibility index (Phi) is 3.01. The number of esters is 1. The lowest BCUT2D eigenvalue weighted by Crippen LogP contribution is -2.61. The maximum Gasteiger partial charge on any atom is 0.310 e. The molecule has 0 N–H and O–H groups in total. The molecule has 4 aliphatic rings. The lowest BCUT2D eigenvalue weighted by molar-refractivity contribution is -0.149. The molecular weight excluding hydrogens is 312 g/mol. The fourth-order valence-corrected chi connectivity index (χ4v) is 6.87. The molecule has 132 valence electrons. The van der Waals surface area contributed by atoms with Crippen molar-refractivity contribution in [3.63, 3.8) is 0 Å². The number of para-hydroxylation sites is 1. The van der Waals surface area contributed by atoms with Crippen molar-refractivity contribution < 1.29 is 9.53 Å². The summed E-state index contributed by atoms with van der Waals surface area (Å²) in [6, 6.07) is 8.72. The molecule has 4 unspecified atom stereocenters. The first-order chi connectivity index (χ1) is 12.1. The van der Waals surface area contributed by atoms with Crippen molar-refractivity contribution in [1.29, 1.82) is 0 Å². The average molecular weight is 338 g/mol. The van der Waals surface area contributed by atoms with Gasteiger partial charge in [0.2, 0.25) is 0 Å². The molecule has 3 fully saturated rings. The zero-order chi connectivity index (χ0) is 17.4. The van der Waals surface area contributed by atoms with Crippen LogP contribution >= 0.6 is 0 Å². The van der Waals surface area contributed by atoms with Gasteiger partial charge in [-0.2, -0.15) is 0 Å². The zero-order valence-electron chi connectivity index (χ0n) is 15.3. The summed E-state index contributed by atoms with van der Waals surface area (Å²) >= 11 is 0. The zero-order valence-corrected chi connectivity index (χ0v) is 15.3. The van der Waals surface area contributed by atoms with Crippen molar-refractivity contribution in [3.05, 3.63) is 41.5 Å². The molecule has 3 heterocycles. The van der Waals surface area contributed by atoms with Gasteiger partial charge in [-0.15, -0.1) is 0 Å². The van der Waals surface area contributed by atoms with E-state index in [0.717, 1.165) is 32.4 Å². The van der Waals surface area contributed by atoms with Gasteiger partial charge in [0.15, 0.2) is 0 Å². The Hall–Kier alpha value is -1.81. The summed E-state index contributed by atoms with van der Waals surface area (Å²) in [4.78, 5) is 18.2. The molecule has 2 saturated heterocycles. The van der Waals surface area contributed by atoms with Crippen LogP contribution in [0.15, 0.2) is 35.9 Å². The highest BCUT2D eigenvalue weighted by atomic mass is 16.5. The molecule has 2 bridgehead atoms. The normalized spacial score (nSPS) is 40.1. The summed E-state index contributed by atoms with van der Waals surface area (Å²) in [7, 11) is 3.78. The summed E-state index contributed by atoms with van der Waals surface area (Å²) in [6.07, 6.45) is 5.37. The third kappa shape index (κ3) is 1.52. The third-order valence-electron chi connectivity index (χ3n) is 7.65. The van der Waals surface area contributed by atoms with Crippen LogP contribution in [0.5, 0.6) is 0 Å². The predicted octanol–water partition coefficient (Wildman–Crippen LogP) is 2.94. The quantitative estimate of drug-likeness (QED) is 0.582. The molecule has 25 heavy (non-hydrogen) atoms.